The summed E-state index contributed by atoms with van der Waals surface area (Å²) < 4.78 is 5.55. The third-order valence-corrected chi connectivity index (χ3v) is 8.50. The molecule has 2 aromatic carbocycles. The minimum Gasteiger partial charge on any atom is -0.380 e. The summed E-state index contributed by atoms with van der Waals surface area (Å²) in [6.07, 6.45) is 3.93. The number of ether oxygens (including phenoxy) is 1. The molecule has 1 fully saturated rings. The number of unbranched alkanes of at least 4 members (excludes halogenated alkanes) is 1. The molecule has 4 amide bonds. The topological polar surface area (TPSA) is 181 Å². The maximum absolute atomic E-state index is 13.9. The van der Waals surface area contributed by atoms with E-state index in [4.69, 9.17) is 16.2 Å². The molecule has 1 saturated heterocycles. The molecule has 3 rings (SSSR count). The second-order valence-corrected chi connectivity index (χ2v) is 13.0. The highest BCUT2D eigenvalue weighted by Gasteiger charge is 2.32. The molecule has 1 aliphatic rings. The minimum absolute atomic E-state index is 0.156. The molecule has 0 saturated carbocycles. The van der Waals surface area contributed by atoms with Crippen molar-refractivity contribution in [2.45, 2.75) is 95.4 Å². The zero-order valence-corrected chi connectivity index (χ0v) is 29.2. The van der Waals surface area contributed by atoms with E-state index >= 15 is 0 Å². The fourth-order valence-corrected chi connectivity index (χ4v) is 5.75. The van der Waals surface area contributed by atoms with Crippen LogP contribution in [0.1, 0.15) is 63.5 Å². The Morgan fingerprint density at radius 3 is 1.98 bits per heavy atom. The van der Waals surface area contributed by atoms with E-state index in [9.17, 15) is 19.2 Å². The summed E-state index contributed by atoms with van der Waals surface area (Å²) >= 11 is 0. The molecule has 1 aliphatic heterocycles. The van der Waals surface area contributed by atoms with Gasteiger partial charge in [0.15, 0.2) is 0 Å². The number of amides is 4. The molecule has 2 aromatic rings. The van der Waals surface area contributed by atoms with Gasteiger partial charge in [0.2, 0.25) is 23.6 Å². The highest BCUT2D eigenvalue weighted by atomic mass is 16.5. The first-order valence-electron chi connectivity index (χ1n) is 17.7. The normalized spacial score (nSPS) is 15.8. The molecule has 0 radical (unpaired) electrons. The Labute approximate surface area is 291 Å². The van der Waals surface area contributed by atoms with Crippen molar-refractivity contribution in [3.8, 4) is 0 Å². The van der Waals surface area contributed by atoms with Gasteiger partial charge in [-0.1, -0.05) is 74.5 Å². The molecule has 0 bridgehead atoms. The van der Waals surface area contributed by atoms with E-state index in [2.05, 4.69) is 35.1 Å². The maximum atomic E-state index is 13.9. The number of rotatable bonds is 20. The van der Waals surface area contributed by atoms with Crippen molar-refractivity contribution >= 4 is 23.6 Å². The van der Waals surface area contributed by atoms with Gasteiger partial charge in [-0.3, -0.25) is 19.2 Å². The Hall–Kier alpha value is -3.84. The van der Waals surface area contributed by atoms with Crippen LogP contribution in [0, 0.1) is 0 Å². The van der Waals surface area contributed by atoms with E-state index in [1.165, 1.54) is 0 Å². The number of nitrogens with two attached hydrogens (primary N) is 2. The summed E-state index contributed by atoms with van der Waals surface area (Å²) in [5.74, 6) is -1.58. The summed E-state index contributed by atoms with van der Waals surface area (Å²) in [5.41, 5.74) is 13.8. The smallest absolute Gasteiger partial charge is 0.245 e. The highest BCUT2D eigenvalue weighted by Crippen LogP contribution is 2.11. The third kappa shape index (κ3) is 14.7. The first-order valence-corrected chi connectivity index (χ1v) is 17.7. The number of nitrogens with one attached hydrogen (secondary N) is 4. The van der Waals surface area contributed by atoms with E-state index in [1.807, 2.05) is 60.7 Å². The zero-order chi connectivity index (χ0) is 35.4. The van der Waals surface area contributed by atoms with E-state index in [-0.39, 0.29) is 12.3 Å². The number of carbonyl (C=O) groups excluding carboxylic acids is 4. The Morgan fingerprint density at radius 2 is 1.33 bits per heavy atom. The predicted molar refractivity (Wildman–Crippen MR) is 191 cm³/mol. The van der Waals surface area contributed by atoms with Crippen LogP contribution in [-0.4, -0.2) is 98.1 Å². The molecule has 8 N–H and O–H groups in total. The van der Waals surface area contributed by atoms with Crippen LogP contribution >= 0.6 is 0 Å². The number of carbonyl (C=O) groups is 4. The van der Waals surface area contributed by atoms with Crippen LogP contribution < -0.4 is 32.7 Å². The lowest BCUT2D eigenvalue weighted by Gasteiger charge is -2.29. The summed E-state index contributed by atoms with van der Waals surface area (Å²) in [7, 11) is 0. The number of hydrogen-bond donors (Lipinski definition) is 6. The Balaban J connectivity index is 1.77. The van der Waals surface area contributed by atoms with Crippen molar-refractivity contribution in [3.05, 3.63) is 71.8 Å². The van der Waals surface area contributed by atoms with Crippen LogP contribution in [0.2, 0.25) is 0 Å². The van der Waals surface area contributed by atoms with Gasteiger partial charge in [0, 0.05) is 32.2 Å². The van der Waals surface area contributed by atoms with Gasteiger partial charge in [-0.15, -0.1) is 0 Å². The first kappa shape index (κ1) is 39.6. The largest absolute Gasteiger partial charge is 0.380 e. The van der Waals surface area contributed by atoms with Crippen molar-refractivity contribution in [2.75, 3.05) is 39.4 Å². The fourth-order valence-electron chi connectivity index (χ4n) is 5.75. The van der Waals surface area contributed by atoms with Crippen molar-refractivity contribution in [1.29, 1.82) is 0 Å². The summed E-state index contributed by atoms with van der Waals surface area (Å²) in [6, 6.07) is 15.5. The van der Waals surface area contributed by atoms with Crippen LogP contribution in [0.25, 0.3) is 0 Å². The molecule has 0 spiro atoms. The lowest BCUT2D eigenvalue weighted by molar-refractivity contribution is -0.138. The molecular formula is C37H57N7O5. The van der Waals surface area contributed by atoms with Gasteiger partial charge in [0.1, 0.15) is 18.1 Å². The fraction of sp³-hybridized carbons (Fsp3) is 0.568. The van der Waals surface area contributed by atoms with Crippen LogP contribution in [0.4, 0.5) is 0 Å². The number of hydrogen-bond acceptors (Lipinski definition) is 8. The van der Waals surface area contributed by atoms with Crippen molar-refractivity contribution in [3.63, 3.8) is 0 Å². The van der Waals surface area contributed by atoms with Crippen LogP contribution in [0.3, 0.4) is 0 Å². The molecule has 0 unspecified atom stereocenters. The zero-order valence-electron chi connectivity index (χ0n) is 29.2. The second kappa shape index (κ2) is 22.0. The Bertz CT molecular complexity index is 1270. The molecule has 12 nitrogen and oxygen atoms in total. The van der Waals surface area contributed by atoms with Gasteiger partial charge < -0.3 is 42.4 Å². The second-order valence-electron chi connectivity index (χ2n) is 13.0. The van der Waals surface area contributed by atoms with Gasteiger partial charge in [0.25, 0.3) is 0 Å². The van der Waals surface area contributed by atoms with Gasteiger partial charge >= 0.3 is 0 Å². The van der Waals surface area contributed by atoms with E-state index in [1.54, 1.807) is 4.90 Å². The lowest BCUT2D eigenvalue weighted by atomic mass is 10.0. The Kier molecular flexibility index (Phi) is 17.8. The molecule has 49 heavy (non-hydrogen) atoms. The first-order chi connectivity index (χ1) is 23.7. The molecule has 4 atom stereocenters. The van der Waals surface area contributed by atoms with Gasteiger partial charge in [-0.25, -0.2) is 0 Å². The quantitative estimate of drug-likeness (QED) is 0.114. The highest BCUT2D eigenvalue weighted by molar-refractivity contribution is 5.95. The van der Waals surface area contributed by atoms with Crippen LogP contribution in [-0.2, 0) is 36.8 Å². The van der Waals surface area contributed by atoms with E-state index in [0.717, 1.165) is 17.5 Å². The monoisotopic (exact) mass is 679 g/mol. The number of benzene rings is 2. The predicted octanol–water partition coefficient (Wildman–Crippen LogP) is 1.41. The molecule has 0 aromatic heterocycles. The van der Waals surface area contributed by atoms with E-state index < -0.39 is 41.9 Å². The van der Waals surface area contributed by atoms with Crippen molar-refractivity contribution in [2.24, 2.45) is 11.5 Å². The van der Waals surface area contributed by atoms with Crippen LogP contribution in [0.15, 0.2) is 60.7 Å². The SMILES string of the molecule is CC(C)NCCC[C@@H](NC(=O)[C@@H](CCCCN)NC(=O)[C@@H](Cc1ccccc1)NC(=O)[C@H](N)Cc1ccccc1)C(=O)N1CCCOCC1. The molecule has 0 aliphatic carbocycles. The standard InChI is InChI=1S/C37H57N7O5/c1-27(2)40-20-11-18-32(37(48)44-21-12-23-49-24-22-44)42-35(46)31(17-9-10-19-38)41-36(47)33(26-29-15-7-4-8-16-29)43-34(45)30(39)25-28-13-5-3-6-14-28/h3-8,13-16,27,30-33,40H,9-12,17-26,38-39H2,1-2H3,(H,41,47)(H,42,46)(H,43,45)/t30-,31-,32-,33-/m1/s1. The summed E-state index contributed by atoms with van der Waals surface area (Å²) in [4.78, 5) is 56.6. The Morgan fingerprint density at radius 1 is 0.735 bits per heavy atom. The minimum atomic E-state index is -0.988. The lowest BCUT2D eigenvalue weighted by Crippen LogP contribution is -2.58. The molecule has 12 heteroatoms. The summed E-state index contributed by atoms with van der Waals surface area (Å²) in [5, 5.41) is 12.1. The van der Waals surface area contributed by atoms with Crippen LogP contribution in [0.5, 0.6) is 0 Å². The van der Waals surface area contributed by atoms with Crippen molar-refractivity contribution in [1.82, 2.24) is 26.2 Å². The summed E-state index contributed by atoms with van der Waals surface area (Å²) in [6.45, 7) is 7.30. The maximum Gasteiger partial charge on any atom is 0.245 e. The van der Waals surface area contributed by atoms with Gasteiger partial charge in [-0.05, 0) is 69.2 Å². The average molecular weight is 680 g/mol. The number of nitrogens with zero attached hydrogens (tertiary/aromatic N) is 1. The third-order valence-electron chi connectivity index (χ3n) is 8.50. The molecule has 1 heterocycles. The van der Waals surface area contributed by atoms with E-state index in [0.29, 0.717) is 84.0 Å². The molecular weight excluding hydrogens is 622 g/mol. The van der Waals surface area contributed by atoms with Gasteiger partial charge in [-0.2, -0.15) is 0 Å². The van der Waals surface area contributed by atoms with Crippen molar-refractivity contribution < 1.29 is 23.9 Å². The van der Waals surface area contributed by atoms with Gasteiger partial charge in [0.05, 0.1) is 12.6 Å². The molecule has 270 valence electrons. The average Bonchev–Trinajstić information content (AvgIpc) is 3.39.